The minimum Gasteiger partial charge on any atom is -0.493 e. The summed E-state index contributed by atoms with van der Waals surface area (Å²) in [4.78, 5) is 24.7. The molecule has 0 N–H and O–H groups in total. The van der Waals surface area contributed by atoms with E-state index in [9.17, 15) is 4.79 Å². The van der Waals surface area contributed by atoms with Crippen LogP contribution in [-0.4, -0.2) is 30.1 Å². The molecule has 0 atom stereocenters. The Morgan fingerprint density at radius 1 is 1.03 bits per heavy atom. The van der Waals surface area contributed by atoms with Crippen LogP contribution in [0, 0.1) is 0 Å². The SMILES string of the molecule is COc1ccc(C(=O)N(Cc2ccccn2)c2nc3c(C(C)C)cccc3s2)cc1OC. The molecule has 0 bridgehead atoms. The Hall–Kier alpha value is -3.45. The molecule has 6 nitrogen and oxygen atoms in total. The average molecular weight is 448 g/mol. The van der Waals surface area contributed by atoms with Gasteiger partial charge in [-0.2, -0.15) is 0 Å². The molecule has 0 saturated carbocycles. The van der Waals surface area contributed by atoms with Crippen LogP contribution in [-0.2, 0) is 6.54 Å². The second-order valence-corrected chi connectivity index (χ2v) is 8.64. The zero-order valence-electron chi connectivity index (χ0n) is 18.5. The van der Waals surface area contributed by atoms with Crippen molar-refractivity contribution in [3.63, 3.8) is 0 Å². The number of benzene rings is 2. The van der Waals surface area contributed by atoms with Crippen LogP contribution in [0.1, 0.15) is 41.4 Å². The minimum absolute atomic E-state index is 0.179. The highest BCUT2D eigenvalue weighted by Gasteiger charge is 2.24. The molecule has 4 aromatic rings. The summed E-state index contributed by atoms with van der Waals surface area (Å²) in [6.45, 7) is 4.60. The Morgan fingerprint density at radius 2 is 1.84 bits per heavy atom. The maximum absolute atomic E-state index is 13.7. The van der Waals surface area contributed by atoms with E-state index >= 15 is 0 Å². The summed E-state index contributed by atoms with van der Waals surface area (Å²) in [5.74, 6) is 1.23. The highest BCUT2D eigenvalue weighted by Crippen LogP contribution is 2.35. The van der Waals surface area contributed by atoms with Crippen LogP contribution >= 0.6 is 11.3 Å². The fourth-order valence-corrected chi connectivity index (χ4v) is 4.54. The first-order valence-electron chi connectivity index (χ1n) is 10.3. The first-order valence-corrected chi connectivity index (χ1v) is 11.2. The molecule has 0 spiro atoms. The van der Waals surface area contributed by atoms with E-state index in [1.165, 1.54) is 16.9 Å². The van der Waals surface area contributed by atoms with Gasteiger partial charge in [0.05, 0.1) is 36.7 Å². The topological polar surface area (TPSA) is 64.5 Å². The van der Waals surface area contributed by atoms with Crippen molar-refractivity contribution >= 4 is 32.6 Å². The van der Waals surface area contributed by atoms with Crippen LogP contribution in [0.25, 0.3) is 10.2 Å². The fourth-order valence-electron chi connectivity index (χ4n) is 3.54. The smallest absolute Gasteiger partial charge is 0.260 e. The van der Waals surface area contributed by atoms with Gasteiger partial charge in [0.2, 0.25) is 0 Å². The number of fused-ring (bicyclic) bond motifs is 1. The first kappa shape index (κ1) is 21.8. The monoisotopic (exact) mass is 447 g/mol. The maximum atomic E-state index is 13.7. The Kier molecular flexibility index (Phi) is 6.37. The summed E-state index contributed by atoms with van der Waals surface area (Å²) >= 11 is 1.51. The van der Waals surface area contributed by atoms with Crippen LogP contribution < -0.4 is 14.4 Å². The molecule has 1 amide bonds. The molecule has 0 saturated heterocycles. The molecule has 2 aromatic heterocycles. The summed E-state index contributed by atoms with van der Waals surface area (Å²) in [5.41, 5.74) is 3.38. The highest BCUT2D eigenvalue weighted by atomic mass is 32.1. The van der Waals surface area contributed by atoms with Gasteiger partial charge in [-0.25, -0.2) is 4.98 Å². The third kappa shape index (κ3) is 4.29. The van der Waals surface area contributed by atoms with E-state index in [4.69, 9.17) is 14.5 Å². The Bertz CT molecular complexity index is 1240. The molecule has 0 aliphatic rings. The summed E-state index contributed by atoms with van der Waals surface area (Å²) < 4.78 is 11.8. The standard InChI is InChI=1S/C25H25N3O3S/c1-16(2)19-9-7-10-22-23(19)27-25(32-22)28(15-18-8-5-6-13-26-18)24(29)17-11-12-20(30-3)21(14-17)31-4/h5-14,16H,15H2,1-4H3. The normalized spacial score (nSPS) is 11.0. The molecular formula is C25H25N3O3S. The predicted molar refractivity (Wildman–Crippen MR) is 128 cm³/mol. The van der Waals surface area contributed by atoms with Crippen molar-refractivity contribution in [1.82, 2.24) is 9.97 Å². The summed E-state index contributed by atoms with van der Waals surface area (Å²) in [6.07, 6.45) is 1.73. The molecule has 0 fully saturated rings. The number of thiazole rings is 1. The lowest BCUT2D eigenvalue weighted by atomic mass is 10.0. The second kappa shape index (κ2) is 9.36. The van der Waals surface area contributed by atoms with Crippen LogP contribution in [0.15, 0.2) is 60.8 Å². The Morgan fingerprint density at radius 3 is 2.53 bits per heavy atom. The third-order valence-corrected chi connectivity index (χ3v) is 6.26. The van der Waals surface area contributed by atoms with E-state index in [1.807, 2.05) is 30.3 Å². The van der Waals surface area contributed by atoms with Gasteiger partial charge < -0.3 is 9.47 Å². The number of nitrogens with zero attached hydrogens (tertiary/aromatic N) is 3. The molecule has 0 aliphatic carbocycles. The van der Waals surface area contributed by atoms with E-state index in [-0.39, 0.29) is 5.91 Å². The number of aromatic nitrogens is 2. The predicted octanol–water partition coefficient (Wildman–Crippen LogP) is 5.68. The lowest BCUT2D eigenvalue weighted by Crippen LogP contribution is -2.30. The molecule has 32 heavy (non-hydrogen) atoms. The van der Waals surface area contributed by atoms with Crippen molar-refractivity contribution in [3.8, 4) is 11.5 Å². The first-order chi connectivity index (χ1) is 15.5. The number of rotatable bonds is 7. The van der Waals surface area contributed by atoms with E-state index in [0.29, 0.717) is 34.7 Å². The van der Waals surface area contributed by atoms with E-state index in [1.54, 1.807) is 43.5 Å². The maximum Gasteiger partial charge on any atom is 0.260 e. The van der Waals surface area contributed by atoms with E-state index < -0.39 is 0 Å². The molecule has 0 unspecified atom stereocenters. The Labute approximate surface area is 191 Å². The number of hydrogen-bond donors (Lipinski definition) is 0. The lowest BCUT2D eigenvalue weighted by molar-refractivity contribution is 0.0984. The van der Waals surface area contributed by atoms with Gasteiger partial charge in [0, 0.05) is 11.8 Å². The van der Waals surface area contributed by atoms with Gasteiger partial charge in [-0.15, -0.1) is 0 Å². The van der Waals surface area contributed by atoms with Gasteiger partial charge in [0.15, 0.2) is 16.6 Å². The van der Waals surface area contributed by atoms with Gasteiger partial charge >= 0.3 is 0 Å². The van der Waals surface area contributed by atoms with Gasteiger partial charge in [-0.1, -0.05) is 43.4 Å². The number of carbonyl (C=O) groups excluding carboxylic acids is 1. The van der Waals surface area contributed by atoms with Crippen molar-refractivity contribution in [3.05, 3.63) is 77.6 Å². The number of carbonyl (C=O) groups is 1. The molecule has 0 radical (unpaired) electrons. The van der Waals surface area contributed by atoms with Crippen molar-refractivity contribution < 1.29 is 14.3 Å². The number of anilines is 1. The van der Waals surface area contributed by atoms with E-state index in [0.717, 1.165) is 15.9 Å². The van der Waals surface area contributed by atoms with Crippen molar-refractivity contribution in [2.24, 2.45) is 0 Å². The molecule has 2 heterocycles. The van der Waals surface area contributed by atoms with Gasteiger partial charge in [-0.3, -0.25) is 14.7 Å². The van der Waals surface area contributed by atoms with Crippen molar-refractivity contribution in [2.75, 3.05) is 19.1 Å². The summed E-state index contributed by atoms with van der Waals surface area (Å²) in [7, 11) is 3.12. The lowest BCUT2D eigenvalue weighted by Gasteiger charge is -2.20. The molecule has 2 aromatic carbocycles. The average Bonchev–Trinajstić information content (AvgIpc) is 3.26. The molecule has 164 valence electrons. The Balaban J connectivity index is 1.80. The van der Waals surface area contributed by atoms with Crippen LogP contribution in [0.5, 0.6) is 11.5 Å². The summed E-state index contributed by atoms with van der Waals surface area (Å²) in [5, 5.41) is 0.638. The number of ether oxygens (including phenoxy) is 2. The van der Waals surface area contributed by atoms with Crippen LogP contribution in [0.4, 0.5) is 5.13 Å². The zero-order chi connectivity index (χ0) is 22.7. The molecular weight excluding hydrogens is 422 g/mol. The third-order valence-electron chi connectivity index (χ3n) is 5.21. The fraction of sp³-hybridized carbons (Fsp3) is 0.240. The van der Waals surface area contributed by atoms with E-state index in [2.05, 4.69) is 24.9 Å². The van der Waals surface area contributed by atoms with Gasteiger partial charge in [0.25, 0.3) is 5.91 Å². The molecule has 7 heteroatoms. The van der Waals surface area contributed by atoms with Crippen LogP contribution in [0.3, 0.4) is 0 Å². The quantitative estimate of drug-likeness (QED) is 0.365. The van der Waals surface area contributed by atoms with Crippen molar-refractivity contribution in [1.29, 1.82) is 0 Å². The van der Waals surface area contributed by atoms with Gasteiger partial charge in [0.1, 0.15) is 0 Å². The summed E-state index contributed by atoms with van der Waals surface area (Å²) in [6, 6.07) is 17.0. The number of para-hydroxylation sites is 1. The number of hydrogen-bond acceptors (Lipinski definition) is 6. The zero-order valence-corrected chi connectivity index (χ0v) is 19.3. The highest BCUT2D eigenvalue weighted by molar-refractivity contribution is 7.22. The molecule has 0 aliphatic heterocycles. The largest absolute Gasteiger partial charge is 0.493 e. The van der Waals surface area contributed by atoms with Gasteiger partial charge in [-0.05, 0) is 47.9 Å². The number of amides is 1. The van der Waals surface area contributed by atoms with Crippen LogP contribution in [0.2, 0.25) is 0 Å². The minimum atomic E-state index is -0.179. The number of methoxy groups -OCH3 is 2. The van der Waals surface area contributed by atoms with Crippen molar-refractivity contribution in [2.45, 2.75) is 26.3 Å². The second-order valence-electron chi connectivity index (χ2n) is 7.63. The number of pyridine rings is 1. The molecule has 4 rings (SSSR count).